The van der Waals surface area contributed by atoms with Gasteiger partial charge in [0.2, 0.25) is 10.0 Å². The lowest BCUT2D eigenvalue weighted by atomic mass is 10.1. The highest BCUT2D eigenvalue weighted by molar-refractivity contribution is 7.88. The quantitative estimate of drug-likeness (QED) is 0.443. The SMILES string of the molecule is CCNC(=NCc1ccccc1CS(=O)(=O)NC(C)C)N(C)CCc1cccs1. The van der Waals surface area contributed by atoms with Crippen molar-refractivity contribution in [2.24, 2.45) is 4.99 Å². The third-order valence-corrected chi connectivity index (χ3v) is 6.71. The van der Waals surface area contributed by atoms with Gasteiger partial charge >= 0.3 is 0 Å². The smallest absolute Gasteiger partial charge is 0.216 e. The Kier molecular flexibility index (Phi) is 9.13. The second-order valence-corrected chi connectivity index (χ2v) is 10.0. The Morgan fingerprint density at radius 1 is 1.17 bits per heavy atom. The zero-order valence-corrected chi connectivity index (χ0v) is 19.3. The van der Waals surface area contributed by atoms with E-state index in [4.69, 9.17) is 4.99 Å². The number of guanidine groups is 1. The van der Waals surface area contributed by atoms with E-state index < -0.39 is 10.0 Å². The molecule has 160 valence electrons. The molecule has 0 bridgehead atoms. The van der Waals surface area contributed by atoms with Crippen molar-refractivity contribution in [2.45, 2.75) is 45.5 Å². The standard InChI is InChI=1S/C21H32N4O2S2/c1-5-22-21(25(4)13-12-20-11-8-14-28-20)23-15-18-9-6-7-10-19(18)16-29(26,27)24-17(2)3/h6-11,14,17,24H,5,12-13,15-16H2,1-4H3,(H,22,23). The fourth-order valence-electron chi connectivity index (χ4n) is 2.93. The van der Waals surface area contributed by atoms with Gasteiger partial charge in [-0.2, -0.15) is 0 Å². The third-order valence-electron chi connectivity index (χ3n) is 4.25. The van der Waals surface area contributed by atoms with Crippen molar-refractivity contribution >= 4 is 27.3 Å². The van der Waals surface area contributed by atoms with E-state index in [9.17, 15) is 8.42 Å². The lowest BCUT2D eigenvalue weighted by Gasteiger charge is -2.22. The highest BCUT2D eigenvalue weighted by Crippen LogP contribution is 2.14. The fraction of sp³-hybridized carbons (Fsp3) is 0.476. The minimum Gasteiger partial charge on any atom is -0.357 e. The molecule has 0 aliphatic heterocycles. The van der Waals surface area contributed by atoms with Gasteiger partial charge in [-0.3, -0.25) is 0 Å². The molecule has 0 radical (unpaired) electrons. The number of hydrogen-bond acceptors (Lipinski definition) is 4. The first kappa shape index (κ1) is 23.4. The van der Waals surface area contributed by atoms with Crippen molar-refractivity contribution in [1.29, 1.82) is 0 Å². The van der Waals surface area contributed by atoms with Crippen molar-refractivity contribution in [3.63, 3.8) is 0 Å². The number of aliphatic imine (C=N–C) groups is 1. The number of sulfonamides is 1. The van der Waals surface area contributed by atoms with Gasteiger partial charge < -0.3 is 10.2 Å². The maximum Gasteiger partial charge on any atom is 0.216 e. The van der Waals surface area contributed by atoms with Gasteiger partial charge in [-0.15, -0.1) is 11.3 Å². The predicted octanol–water partition coefficient (Wildman–Crippen LogP) is 3.22. The van der Waals surface area contributed by atoms with Crippen molar-refractivity contribution < 1.29 is 8.42 Å². The summed E-state index contributed by atoms with van der Waals surface area (Å²) in [6.45, 7) is 7.75. The molecule has 0 aliphatic carbocycles. The number of thiophene rings is 1. The highest BCUT2D eigenvalue weighted by atomic mass is 32.2. The van der Waals surface area contributed by atoms with Crippen molar-refractivity contribution in [2.75, 3.05) is 20.1 Å². The summed E-state index contributed by atoms with van der Waals surface area (Å²) >= 11 is 1.76. The average molecular weight is 437 g/mol. The summed E-state index contributed by atoms with van der Waals surface area (Å²) in [4.78, 5) is 8.22. The zero-order valence-electron chi connectivity index (χ0n) is 17.7. The number of benzene rings is 1. The Hall–Kier alpha value is -1.90. The highest BCUT2D eigenvalue weighted by Gasteiger charge is 2.15. The van der Waals surface area contributed by atoms with E-state index in [-0.39, 0.29) is 11.8 Å². The van der Waals surface area contributed by atoms with Crippen LogP contribution in [0.5, 0.6) is 0 Å². The van der Waals surface area contributed by atoms with Crippen LogP contribution in [0.4, 0.5) is 0 Å². The van der Waals surface area contributed by atoms with Crippen LogP contribution in [0.15, 0.2) is 46.8 Å². The summed E-state index contributed by atoms with van der Waals surface area (Å²) in [5.41, 5.74) is 1.70. The molecule has 0 saturated carbocycles. The van der Waals surface area contributed by atoms with Crippen LogP contribution in [0, 0.1) is 0 Å². The fourth-order valence-corrected chi connectivity index (χ4v) is 5.12. The topological polar surface area (TPSA) is 73.8 Å². The lowest BCUT2D eigenvalue weighted by Crippen LogP contribution is -2.39. The number of rotatable bonds is 10. The van der Waals surface area contributed by atoms with Crippen LogP contribution in [-0.2, 0) is 28.7 Å². The molecule has 0 atom stereocenters. The van der Waals surface area contributed by atoms with Crippen molar-refractivity contribution in [3.05, 3.63) is 57.8 Å². The molecule has 0 fully saturated rings. The maximum atomic E-state index is 12.3. The normalized spacial score (nSPS) is 12.4. The molecule has 1 heterocycles. The first-order valence-corrected chi connectivity index (χ1v) is 12.4. The van der Waals surface area contributed by atoms with Crippen molar-refractivity contribution in [3.8, 4) is 0 Å². The number of nitrogens with zero attached hydrogens (tertiary/aromatic N) is 2. The van der Waals surface area contributed by atoms with Crippen LogP contribution < -0.4 is 10.0 Å². The van der Waals surface area contributed by atoms with Gasteiger partial charge in [0.05, 0.1) is 12.3 Å². The number of nitrogens with one attached hydrogen (secondary N) is 2. The van der Waals surface area contributed by atoms with Crippen LogP contribution in [0.25, 0.3) is 0 Å². The van der Waals surface area contributed by atoms with E-state index in [1.54, 1.807) is 11.3 Å². The Bertz CT molecular complexity index is 878. The van der Waals surface area contributed by atoms with E-state index in [1.165, 1.54) is 4.88 Å². The predicted molar refractivity (Wildman–Crippen MR) is 123 cm³/mol. The second kappa shape index (κ2) is 11.3. The molecule has 0 unspecified atom stereocenters. The second-order valence-electron chi connectivity index (χ2n) is 7.22. The average Bonchev–Trinajstić information content (AvgIpc) is 3.16. The Balaban J connectivity index is 2.10. The molecule has 2 N–H and O–H groups in total. The molecule has 0 aliphatic rings. The maximum absolute atomic E-state index is 12.3. The van der Waals surface area contributed by atoms with Gasteiger partial charge in [-0.25, -0.2) is 18.1 Å². The van der Waals surface area contributed by atoms with Crippen LogP contribution in [0.3, 0.4) is 0 Å². The van der Waals surface area contributed by atoms with E-state index in [1.807, 2.05) is 52.1 Å². The van der Waals surface area contributed by atoms with Crippen molar-refractivity contribution in [1.82, 2.24) is 14.9 Å². The van der Waals surface area contributed by atoms with Gasteiger partial charge in [0.25, 0.3) is 0 Å². The molecule has 0 amide bonds. The molecule has 8 heteroatoms. The lowest BCUT2D eigenvalue weighted by molar-refractivity contribution is 0.486. The van der Waals surface area contributed by atoms with Crippen LogP contribution >= 0.6 is 11.3 Å². The Morgan fingerprint density at radius 3 is 2.52 bits per heavy atom. The van der Waals surface area contributed by atoms with Gasteiger partial charge in [0, 0.05) is 31.1 Å². The first-order valence-electron chi connectivity index (χ1n) is 9.89. The summed E-state index contributed by atoms with van der Waals surface area (Å²) in [5.74, 6) is 0.781. The largest absolute Gasteiger partial charge is 0.357 e. The van der Waals surface area contributed by atoms with E-state index in [0.29, 0.717) is 6.54 Å². The summed E-state index contributed by atoms with van der Waals surface area (Å²) in [6, 6.07) is 11.7. The minimum atomic E-state index is -3.38. The zero-order chi connectivity index (χ0) is 21.3. The van der Waals surface area contributed by atoms with Crippen LogP contribution in [0.1, 0.15) is 36.8 Å². The van der Waals surface area contributed by atoms with Crippen LogP contribution in [0.2, 0.25) is 0 Å². The summed E-state index contributed by atoms with van der Waals surface area (Å²) < 4.78 is 27.3. The molecule has 0 spiro atoms. The van der Waals surface area contributed by atoms with Gasteiger partial charge in [-0.05, 0) is 49.8 Å². The van der Waals surface area contributed by atoms with E-state index >= 15 is 0 Å². The van der Waals surface area contributed by atoms with Gasteiger partial charge in [0.1, 0.15) is 0 Å². The number of hydrogen-bond donors (Lipinski definition) is 2. The Labute approximate surface area is 179 Å². The van der Waals surface area contributed by atoms with Crippen LogP contribution in [-0.4, -0.2) is 45.5 Å². The molecule has 2 rings (SSSR count). The minimum absolute atomic E-state index is 0.0400. The molecule has 29 heavy (non-hydrogen) atoms. The summed E-state index contributed by atoms with van der Waals surface area (Å²) in [7, 11) is -1.35. The summed E-state index contributed by atoms with van der Waals surface area (Å²) in [6.07, 6.45) is 0.967. The third kappa shape index (κ3) is 8.16. The molecule has 6 nitrogen and oxygen atoms in total. The summed E-state index contributed by atoms with van der Waals surface area (Å²) in [5, 5.41) is 5.42. The molecule has 2 aromatic rings. The monoisotopic (exact) mass is 436 g/mol. The van der Waals surface area contributed by atoms with Gasteiger partial charge in [-0.1, -0.05) is 30.3 Å². The number of likely N-dealkylation sites (N-methyl/N-ethyl adjacent to an activating group) is 1. The van der Waals surface area contributed by atoms with E-state index in [0.717, 1.165) is 36.6 Å². The van der Waals surface area contributed by atoms with Gasteiger partial charge in [0.15, 0.2) is 5.96 Å². The van der Waals surface area contributed by atoms with E-state index in [2.05, 4.69) is 32.5 Å². The Morgan fingerprint density at radius 2 is 1.90 bits per heavy atom. The molecular formula is C21H32N4O2S2. The molecule has 1 aromatic carbocycles. The first-order chi connectivity index (χ1) is 13.8. The molecule has 0 saturated heterocycles. The molecule has 1 aromatic heterocycles. The molecular weight excluding hydrogens is 404 g/mol.